The van der Waals surface area contributed by atoms with Crippen LogP contribution in [0.1, 0.15) is 31.1 Å². The van der Waals surface area contributed by atoms with Gasteiger partial charge in [0.2, 0.25) is 0 Å². The second-order valence-corrected chi connectivity index (χ2v) is 4.92. The molecule has 1 aromatic rings. The molecule has 1 amide bonds. The van der Waals surface area contributed by atoms with E-state index in [-0.39, 0.29) is 5.69 Å². The first-order valence-corrected chi connectivity index (χ1v) is 5.55. The van der Waals surface area contributed by atoms with Crippen molar-refractivity contribution in [1.29, 1.82) is 0 Å². The summed E-state index contributed by atoms with van der Waals surface area (Å²) in [4.78, 5) is 25.9. The number of carbonyl (C=O) groups is 2. The summed E-state index contributed by atoms with van der Waals surface area (Å²) in [6.07, 6.45) is -3.96. The van der Waals surface area contributed by atoms with Crippen LogP contribution in [0.3, 0.4) is 0 Å². The van der Waals surface area contributed by atoms with Crippen LogP contribution in [-0.4, -0.2) is 28.6 Å². The number of hydrogen-bond acceptors (Lipinski definition) is 4. The number of rotatable bonds is 2. The van der Waals surface area contributed by atoms with Crippen LogP contribution in [0.25, 0.3) is 0 Å². The van der Waals surface area contributed by atoms with Gasteiger partial charge in [0.05, 0.1) is 11.9 Å². The average Bonchev–Trinajstić information content (AvgIpc) is 2.24. The van der Waals surface area contributed by atoms with E-state index < -0.39 is 29.2 Å². The minimum absolute atomic E-state index is 0.0608. The molecule has 20 heavy (non-hydrogen) atoms. The molecule has 1 aromatic heterocycles. The Morgan fingerprint density at radius 3 is 2.30 bits per heavy atom. The van der Waals surface area contributed by atoms with E-state index in [0.29, 0.717) is 0 Å². The molecule has 0 aromatic carbocycles. The van der Waals surface area contributed by atoms with E-state index >= 15 is 0 Å². The number of aromatic nitrogens is 1. The number of nitrogens with one attached hydrogen (secondary N) is 1. The Morgan fingerprint density at radius 1 is 1.20 bits per heavy atom. The zero-order chi connectivity index (χ0) is 15.6. The third-order valence-corrected chi connectivity index (χ3v) is 1.90. The van der Waals surface area contributed by atoms with Crippen LogP contribution < -0.4 is 5.32 Å². The van der Waals surface area contributed by atoms with Crippen molar-refractivity contribution in [2.75, 3.05) is 5.32 Å². The number of alkyl halides is 3. The third kappa shape index (κ3) is 4.87. The normalized spacial score (nSPS) is 11.9. The number of Topliss-reactive ketones (excluding diaryl/α,β-unsaturated/α-hetero) is 1. The SMILES string of the molecule is CC(C)(C)OC(=O)Nc1cncc(C(=O)C(F)(F)F)c1. The van der Waals surface area contributed by atoms with Crippen molar-refractivity contribution in [2.24, 2.45) is 0 Å². The fourth-order valence-electron chi connectivity index (χ4n) is 1.22. The van der Waals surface area contributed by atoms with Gasteiger partial charge in [-0.15, -0.1) is 0 Å². The Balaban J connectivity index is 2.84. The number of ketones is 1. The summed E-state index contributed by atoms with van der Waals surface area (Å²) in [5.74, 6) is -2.03. The third-order valence-electron chi connectivity index (χ3n) is 1.90. The minimum Gasteiger partial charge on any atom is -0.444 e. The predicted octanol–water partition coefficient (Wildman–Crippen LogP) is 3.17. The molecule has 0 unspecified atom stereocenters. The van der Waals surface area contributed by atoms with E-state index in [1.807, 2.05) is 0 Å². The maximum absolute atomic E-state index is 12.3. The van der Waals surface area contributed by atoms with Gasteiger partial charge in [-0.3, -0.25) is 15.1 Å². The summed E-state index contributed by atoms with van der Waals surface area (Å²) in [5.41, 5.74) is -1.47. The van der Waals surface area contributed by atoms with Crippen LogP contribution in [0.2, 0.25) is 0 Å². The number of hydrogen-bond donors (Lipinski definition) is 1. The summed E-state index contributed by atoms with van der Waals surface area (Å²) in [5, 5.41) is 2.20. The van der Waals surface area contributed by atoms with Crippen LogP contribution in [0.5, 0.6) is 0 Å². The van der Waals surface area contributed by atoms with Gasteiger partial charge in [-0.2, -0.15) is 13.2 Å². The molecule has 0 fully saturated rings. The van der Waals surface area contributed by atoms with Crippen molar-refractivity contribution in [3.63, 3.8) is 0 Å². The standard InChI is InChI=1S/C12H13F3N2O3/c1-11(2,3)20-10(19)17-8-4-7(5-16-6-8)9(18)12(13,14)15/h4-6H,1-3H3,(H,17,19). The Bertz CT molecular complexity index is 521. The van der Waals surface area contributed by atoms with Crippen LogP contribution in [-0.2, 0) is 4.74 Å². The number of ether oxygens (including phenoxy) is 1. The molecular weight excluding hydrogens is 277 g/mol. The number of anilines is 1. The molecule has 1 N–H and O–H groups in total. The largest absolute Gasteiger partial charge is 0.454 e. The van der Waals surface area contributed by atoms with Gasteiger partial charge >= 0.3 is 12.3 Å². The van der Waals surface area contributed by atoms with Crippen molar-refractivity contribution in [1.82, 2.24) is 4.98 Å². The van der Waals surface area contributed by atoms with Crippen LogP contribution in [0.15, 0.2) is 18.5 Å². The predicted molar refractivity (Wildman–Crippen MR) is 64.5 cm³/mol. The smallest absolute Gasteiger partial charge is 0.444 e. The highest BCUT2D eigenvalue weighted by atomic mass is 19.4. The lowest BCUT2D eigenvalue weighted by molar-refractivity contribution is -0.0885. The lowest BCUT2D eigenvalue weighted by atomic mass is 10.2. The summed E-state index contributed by atoms with van der Waals surface area (Å²) in [6.45, 7) is 4.90. The van der Waals surface area contributed by atoms with Crippen molar-refractivity contribution in [2.45, 2.75) is 32.5 Å². The quantitative estimate of drug-likeness (QED) is 0.849. The first-order valence-electron chi connectivity index (χ1n) is 5.55. The fourth-order valence-corrected chi connectivity index (χ4v) is 1.22. The molecule has 0 saturated heterocycles. The van der Waals surface area contributed by atoms with E-state index in [4.69, 9.17) is 4.74 Å². The highest BCUT2D eigenvalue weighted by Crippen LogP contribution is 2.22. The molecular formula is C12H13F3N2O3. The number of pyridine rings is 1. The lowest BCUT2D eigenvalue weighted by Crippen LogP contribution is -2.27. The van der Waals surface area contributed by atoms with Gasteiger partial charge in [-0.25, -0.2) is 4.79 Å². The molecule has 0 aliphatic rings. The highest BCUT2D eigenvalue weighted by molar-refractivity contribution is 6.01. The van der Waals surface area contributed by atoms with E-state index in [9.17, 15) is 22.8 Å². The topological polar surface area (TPSA) is 68.3 Å². The molecule has 110 valence electrons. The number of nitrogens with zero attached hydrogens (tertiary/aromatic N) is 1. The molecule has 0 spiro atoms. The molecule has 1 heterocycles. The van der Waals surface area contributed by atoms with Crippen molar-refractivity contribution >= 4 is 17.6 Å². The van der Waals surface area contributed by atoms with Crippen molar-refractivity contribution in [3.8, 4) is 0 Å². The molecule has 8 heteroatoms. The molecule has 0 aliphatic carbocycles. The Kier molecular flexibility index (Phi) is 4.36. The molecule has 1 rings (SSSR count). The second-order valence-electron chi connectivity index (χ2n) is 4.92. The molecule has 0 saturated carbocycles. The second kappa shape index (κ2) is 5.48. The van der Waals surface area contributed by atoms with Crippen LogP contribution in [0.4, 0.5) is 23.7 Å². The van der Waals surface area contributed by atoms with E-state index in [2.05, 4.69) is 10.3 Å². The molecule has 5 nitrogen and oxygen atoms in total. The van der Waals surface area contributed by atoms with Crippen molar-refractivity contribution < 1.29 is 27.5 Å². The summed E-state index contributed by atoms with van der Waals surface area (Å²) in [7, 11) is 0. The molecule has 0 aliphatic heterocycles. The number of carbonyl (C=O) groups excluding carboxylic acids is 2. The summed E-state index contributed by atoms with van der Waals surface area (Å²) in [6, 6.07) is 0.882. The highest BCUT2D eigenvalue weighted by Gasteiger charge is 2.39. The van der Waals surface area contributed by atoms with Crippen LogP contribution >= 0.6 is 0 Å². The number of halogens is 3. The first kappa shape index (κ1) is 15.9. The van der Waals surface area contributed by atoms with Crippen molar-refractivity contribution in [3.05, 3.63) is 24.0 Å². The van der Waals surface area contributed by atoms with Gasteiger partial charge in [0.1, 0.15) is 5.60 Å². The Hall–Kier alpha value is -2.12. The summed E-state index contributed by atoms with van der Waals surface area (Å²) < 4.78 is 41.7. The minimum atomic E-state index is -4.99. The monoisotopic (exact) mass is 290 g/mol. The van der Waals surface area contributed by atoms with E-state index in [1.54, 1.807) is 20.8 Å². The molecule has 0 radical (unpaired) electrons. The van der Waals surface area contributed by atoms with Gasteiger partial charge in [-0.05, 0) is 26.8 Å². The maximum atomic E-state index is 12.3. The first-order chi connectivity index (χ1) is 8.99. The van der Waals surface area contributed by atoms with E-state index in [1.165, 1.54) is 0 Å². The van der Waals surface area contributed by atoms with Gasteiger partial charge in [-0.1, -0.05) is 0 Å². The zero-order valence-electron chi connectivity index (χ0n) is 11.0. The van der Waals surface area contributed by atoms with Gasteiger partial charge in [0.25, 0.3) is 5.78 Å². The van der Waals surface area contributed by atoms with Gasteiger partial charge < -0.3 is 4.74 Å². The molecule has 0 atom stereocenters. The molecule has 0 bridgehead atoms. The van der Waals surface area contributed by atoms with E-state index in [0.717, 1.165) is 18.5 Å². The fraction of sp³-hybridized carbons (Fsp3) is 0.417. The average molecular weight is 290 g/mol. The maximum Gasteiger partial charge on any atom is 0.454 e. The van der Waals surface area contributed by atoms with Gasteiger partial charge in [0, 0.05) is 11.8 Å². The van der Waals surface area contributed by atoms with Gasteiger partial charge in [0.15, 0.2) is 0 Å². The Morgan fingerprint density at radius 2 is 1.80 bits per heavy atom. The Labute approximate surface area is 113 Å². The lowest BCUT2D eigenvalue weighted by Gasteiger charge is -2.19. The van der Waals surface area contributed by atoms with Crippen LogP contribution in [0, 0.1) is 0 Å². The number of amides is 1. The summed E-state index contributed by atoms with van der Waals surface area (Å²) >= 11 is 0. The zero-order valence-corrected chi connectivity index (χ0v) is 11.0.